The Morgan fingerprint density at radius 3 is 3.00 bits per heavy atom. The van der Waals surface area contributed by atoms with Crippen molar-refractivity contribution >= 4 is 16.8 Å². The van der Waals surface area contributed by atoms with Crippen molar-refractivity contribution in [3.63, 3.8) is 0 Å². The van der Waals surface area contributed by atoms with Crippen LogP contribution in [-0.4, -0.2) is 72.5 Å². The first kappa shape index (κ1) is 19.2. The summed E-state index contributed by atoms with van der Waals surface area (Å²) in [6.07, 6.45) is 4.66. The zero-order valence-corrected chi connectivity index (χ0v) is 16.3. The molecule has 2 fully saturated rings. The number of ether oxygens (including phenoxy) is 2. The summed E-state index contributed by atoms with van der Waals surface area (Å²) in [5.41, 5.74) is 2.22. The van der Waals surface area contributed by atoms with E-state index in [0.29, 0.717) is 25.6 Å². The molecular weight excluding hydrogens is 358 g/mol. The lowest BCUT2D eigenvalue weighted by atomic mass is 10.1. The highest BCUT2D eigenvalue weighted by atomic mass is 16.5. The molecule has 2 aliphatic rings. The van der Waals surface area contributed by atoms with Crippen LogP contribution >= 0.6 is 0 Å². The maximum Gasteiger partial charge on any atom is 0.237 e. The van der Waals surface area contributed by atoms with Crippen molar-refractivity contribution in [2.45, 2.75) is 43.9 Å². The highest BCUT2D eigenvalue weighted by Gasteiger charge is 2.39. The summed E-state index contributed by atoms with van der Waals surface area (Å²) < 4.78 is 10.8. The van der Waals surface area contributed by atoms with Gasteiger partial charge in [-0.3, -0.25) is 9.69 Å². The summed E-state index contributed by atoms with van der Waals surface area (Å²) in [5, 5.41) is 14.3. The number of benzene rings is 1. The summed E-state index contributed by atoms with van der Waals surface area (Å²) in [6, 6.07) is 6.02. The second kappa shape index (κ2) is 8.51. The Morgan fingerprint density at radius 2 is 2.21 bits per heavy atom. The van der Waals surface area contributed by atoms with Crippen LogP contribution < -0.4 is 10.1 Å². The summed E-state index contributed by atoms with van der Waals surface area (Å²) in [6.45, 7) is 2.60. The lowest BCUT2D eigenvalue weighted by Crippen LogP contribution is -2.49. The number of hydrogen-bond donors (Lipinski definition) is 3. The molecular formula is C21H29N3O4. The van der Waals surface area contributed by atoms with Crippen molar-refractivity contribution in [2.24, 2.45) is 0 Å². The molecule has 0 radical (unpaired) electrons. The van der Waals surface area contributed by atoms with E-state index in [1.165, 1.54) is 0 Å². The zero-order chi connectivity index (χ0) is 19.5. The van der Waals surface area contributed by atoms with E-state index >= 15 is 0 Å². The van der Waals surface area contributed by atoms with Crippen molar-refractivity contribution in [1.29, 1.82) is 0 Å². The van der Waals surface area contributed by atoms with Crippen molar-refractivity contribution in [3.05, 3.63) is 30.0 Å². The van der Waals surface area contributed by atoms with E-state index in [4.69, 9.17) is 9.47 Å². The predicted octanol–water partition coefficient (Wildman–Crippen LogP) is 1.45. The Morgan fingerprint density at radius 1 is 1.39 bits per heavy atom. The lowest BCUT2D eigenvalue weighted by Gasteiger charge is -2.34. The first-order chi connectivity index (χ1) is 13.7. The van der Waals surface area contributed by atoms with E-state index in [1.54, 1.807) is 7.11 Å². The van der Waals surface area contributed by atoms with Crippen LogP contribution in [0.3, 0.4) is 0 Å². The Labute approximate surface area is 165 Å². The summed E-state index contributed by atoms with van der Waals surface area (Å²) in [4.78, 5) is 18.3. The van der Waals surface area contributed by atoms with Gasteiger partial charge in [0.1, 0.15) is 5.75 Å². The highest BCUT2D eigenvalue weighted by molar-refractivity contribution is 5.85. The van der Waals surface area contributed by atoms with Gasteiger partial charge in [0.25, 0.3) is 0 Å². The number of hydrogen-bond acceptors (Lipinski definition) is 5. The Balaban J connectivity index is 1.36. The first-order valence-corrected chi connectivity index (χ1v) is 10.1. The summed E-state index contributed by atoms with van der Waals surface area (Å²) in [7, 11) is 1.66. The number of β-amino-alcohol motifs (C(OH)–C–C–N with tert-alkyl or cyclic N) is 1. The zero-order valence-electron chi connectivity index (χ0n) is 16.3. The van der Waals surface area contributed by atoms with Crippen molar-refractivity contribution in [1.82, 2.24) is 15.2 Å². The minimum Gasteiger partial charge on any atom is -0.497 e. The maximum atomic E-state index is 12.8. The van der Waals surface area contributed by atoms with Crippen LogP contribution in [0, 0.1) is 0 Å². The summed E-state index contributed by atoms with van der Waals surface area (Å²) >= 11 is 0. The number of aliphatic hydroxyl groups is 1. The van der Waals surface area contributed by atoms with Crippen LogP contribution in [0.1, 0.15) is 24.8 Å². The standard InChI is InChI=1S/C21H29N3O4/c1-27-17-2-3-19-18(11-17)14(12-23-19)4-7-22-21(26)20-10-16(25)13-24(20)15-5-8-28-9-6-15/h2-3,11-12,15-16,20,23,25H,4-10,13H2,1H3,(H,22,26)/t16-,20+/m1/s1. The van der Waals surface area contributed by atoms with E-state index in [0.717, 1.165) is 54.7 Å². The molecule has 0 aliphatic carbocycles. The van der Waals surface area contributed by atoms with E-state index in [-0.39, 0.29) is 11.9 Å². The lowest BCUT2D eigenvalue weighted by molar-refractivity contribution is -0.126. The molecule has 7 heteroatoms. The molecule has 2 aliphatic heterocycles. The first-order valence-electron chi connectivity index (χ1n) is 10.1. The fourth-order valence-corrected chi connectivity index (χ4v) is 4.45. The van der Waals surface area contributed by atoms with Gasteiger partial charge in [-0.1, -0.05) is 0 Å². The predicted molar refractivity (Wildman–Crippen MR) is 107 cm³/mol. The van der Waals surface area contributed by atoms with Crippen LogP contribution in [0.15, 0.2) is 24.4 Å². The molecule has 0 bridgehead atoms. The van der Waals surface area contributed by atoms with Gasteiger partial charge in [0.15, 0.2) is 0 Å². The Hall–Kier alpha value is -2.09. The fourth-order valence-electron chi connectivity index (χ4n) is 4.45. The van der Waals surface area contributed by atoms with Crippen molar-refractivity contribution in [2.75, 3.05) is 33.4 Å². The maximum absolute atomic E-state index is 12.8. The van der Waals surface area contributed by atoms with Crippen LogP contribution in [0.2, 0.25) is 0 Å². The van der Waals surface area contributed by atoms with Gasteiger partial charge in [-0.05, 0) is 49.4 Å². The fraction of sp³-hybridized carbons (Fsp3) is 0.571. The van der Waals surface area contributed by atoms with Gasteiger partial charge in [-0.25, -0.2) is 0 Å². The molecule has 28 heavy (non-hydrogen) atoms. The van der Waals surface area contributed by atoms with E-state index in [2.05, 4.69) is 15.2 Å². The number of likely N-dealkylation sites (tertiary alicyclic amines) is 1. The molecule has 1 aromatic heterocycles. The van der Waals surface area contributed by atoms with Crippen LogP contribution in [-0.2, 0) is 16.0 Å². The Kier molecular flexibility index (Phi) is 5.85. The molecule has 0 unspecified atom stereocenters. The number of nitrogens with one attached hydrogen (secondary N) is 2. The molecule has 1 aromatic carbocycles. The number of aromatic nitrogens is 1. The molecule has 0 spiro atoms. The van der Waals surface area contributed by atoms with E-state index in [1.807, 2.05) is 24.4 Å². The third-order valence-electron chi connectivity index (χ3n) is 5.95. The van der Waals surface area contributed by atoms with Crippen LogP contribution in [0.25, 0.3) is 10.9 Å². The molecule has 4 rings (SSSR count). The number of H-pyrrole nitrogens is 1. The minimum absolute atomic E-state index is 0.0143. The molecule has 2 aromatic rings. The minimum atomic E-state index is -0.431. The number of carbonyl (C=O) groups is 1. The van der Waals surface area contributed by atoms with Gasteiger partial charge in [0.05, 0.1) is 19.3 Å². The van der Waals surface area contributed by atoms with E-state index in [9.17, 15) is 9.90 Å². The number of nitrogens with zero attached hydrogens (tertiary/aromatic N) is 1. The van der Waals surface area contributed by atoms with Crippen LogP contribution in [0.5, 0.6) is 5.75 Å². The smallest absolute Gasteiger partial charge is 0.237 e. The number of rotatable bonds is 6. The number of methoxy groups -OCH3 is 1. The molecule has 1 amide bonds. The number of amides is 1. The number of aromatic amines is 1. The normalized spacial score (nSPS) is 23.9. The number of carbonyl (C=O) groups excluding carboxylic acids is 1. The quantitative estimate of drug-likeness (QED) is 0.698. The van der Waals surface area contributed by atoms with Crippen molar-refractivity contribution < 1.29 is 19.4 Å². The average Bonchev–Trinajstić information content (AvgIpc) is 3.31. The second-order valence-electron chi connectivity index (χ2n) is 7.71. The van der Waals surface area contributed by atoms with Crippen molar-refractivity contribution in [3.8, 4) is 5.75 Å². The second-order valence-corrected chi connectivity index (χ2v) is 7.71. The molecule has 152 valence electrons. The molecule has 0 saturated carbocycles. The Bertz CT molecular complexity index is 815. The van der Waals surface area contributed by atoms with Crippen LogP contribution in [0.4, 0.5) is 0 Å². The monoisotopic (exact) mass is 387 g/mol. The SMILES string of the molecule is COc1ccc2[nH]cc(CCNC(=O)[C@@H]3C[C@@H](O)CN3C3CCOCC3)c2c1. The van der Waals surface area contributed by atoms with Gasteiger partial charge in [0.2, 0.25) is 5.91 Å². The van der Waals surface area contributed by atoms with Gasteiger partial charge in [-0.15, -0.1) is 0 Å². The molecule has 3 N–H and O–H groups in total. The topological polar surface area (TPSA) is 86.8 Å². The largest absolute Gasteiger partial charge is 0.497 e. The van der Waals surface area contributed by atoms with Gasteiger partial charge < -0.3 is 24.9 Å². The third-order valence-corrected chi connectivity index (χ3v) is 5.95. The number of aliphatic hydroxyl groups excluding tert-OH is 1. The molecule has 2 atom stereocenters. The average molecular weight is 387 g/mol. The van der Waals surface area contributed by atoms with E-state index < -0.39 is 6.10 Å². The molecule has 2 saturated heterocycles. The van der Waals surface area contributed by atoms with Gasteiger partial charge in [0, 0.05) is 49.4 Å². The summed E-state index contributed by atoms with van der Waals surface area (Å²) in [5.74, 6) is 0.838. The molecule has 3 heterocycles. The highest BCUT2D eigenvalue weighted by Crippen LogP contribution is 2.26. The number of fused-ring (bicyclic) bond motifs is 1. The van der Waals surface area contributed by atoms with Gasteiger partial charge in [-0.2, -0.15) is 0 Å². The van der Waals surface area contributed by atoms with Gasteiger partial charge >= 0.3 is 0 Å². The third kappa shape index (κ3) is 4.01. The molecule has 7 nitrogen and oxygen atoms in total.